The first-order chi connectivity index (χ1) is 7.09. The van der Waals surface area contributed by atoms with E-state index in [-0.39, 0.29) is 10.8 Å². The summed E-state index contributed by atoms with van der Waals surface area (Å²) in [6.45, 7) is 4.53. The first kappa shape index (κ1) is 11.9. The Morgan fingerprint density at radius 3 is 2.73 bits per heavy atom. The Labute approximate surface area is 93.6 Å². The highest BCUT2D eigenvalue weighted by atomic mass is 35.5. The molecule has 5 heteroatoms. The number of carbonyl (C=O) groups excluding carboxylic acids is 1. The lowest BCUT2D eigenvalue weighted by atomic mass is 10.1. The molecule has 0 spiro atoms. The van der Waals surface area contributed by atoms with Crippen LogP contribution < -0.4 is 0 Å². The molecule has 1 aromatic rings. The van der Waals surface area contributed by atoms with Crippen molar-refractivity contribution in [3.8, 4) is 0 Å². The summed E-state index contributed by atoms with van der Waals surface area (Å²) >= 11 is 5.54. The minimum Gasteiger partial charge on any atom is -0.461 e. The molecular formula is C10H13ClN2O2. The van der Waals surface area contributed by atoms with Crippen LogP contribution in [0.2, 0.25) is 5.15 Å². The number of carbonyl (C=O) groups is 1. The molecule has 1 rings (SSSR count). The van der Waals surface area contributed by atoms with Crippen LogP contribution in [0.3, 0.4) is 0 Å². The summed E-state index contributed by atoms with van der Waals surface area (Å²) in [6, 6.07) is 0. The van der Waals surface area contributed by atoms with Crippen LogP contribution >= 0.6 is 11.6 Å². The lowest BCUT2D eigenvalue weighted by Gasteiger charge is -2.05. The largest absolute Gasteiger partial charge is 0.461 e. The number of hydrogen-bond donors (Lipinski definition) is 0. The van der Waals surface area contributed by atoms with E-state index in [4.69, 9.17) is 16.3 Å². The van der Waals surface area contributed by atoms with Crippen LogP contribution in [0, 0.1) is 5.92 Å². The summed E-state index contributed by atoms with van der Waals surface area (Å²) in [5.74, 6) is 0.0499. The predicted molar refractivity (Wildman–Crippen MR) is 56.8 cm³/mol. The van der Waals surface area contributed by atoms with Crippen LogP contribution in [-0.2, 0) is 4.74 Å². The van der Waals surface area contributed by atoms with E-state index in [1.54, 1.807) is 0 Å². The zero-order chi connectivity index (χ0) is 11.3. The van der Waals surface area contributed by atoms with E-state index < -0.39 is 5.97 Å². The molecular weight excluding hydrogens is 216 g/mol. The highest BCUT2D eigenvalue weighted by Gasteiger charge is 2.09. The van der Waals surface area contributed by atoms with Crippen molar-refractivity contribution in [1.82, 2.24) is 9.97 Å². The van der Waals surface area contributed by atoms with Crippen molar-refractivity contribution in [2.45, 2.75) is 20.3 Å². The molecule has 0 aromatic carbocycles. The van der Waals surface area contributed by atoms with Gasteiger partial charge in [0.25, 0.3) is 0 Å². The van der Waals surface area contributed by atoms with Crippen molar-refractivity contribution in [2.75, 3.05) is 6.61 Å². The molecule has 1 aromatic heterocycles. The van der Waals surface area contributed by atoms with Gasteiger partial charge in [0.05, 0.1) is 19.0 Å². The van der Waals surface area contributed by atoms with Crippen LogP contribution in [0.1, 0.15) is 30.8 Å². The zero-order valence-electron chi connectivity index (χ0n) is 8.74. The highest BCUT2D eigenvalue weighted by molar-refractivity contribution is 6.29. The molecule has 0 unspecified atom stereocenters. The van der Waals surface area contributed by atoms with Gasteiger partial charge in [0, 0.05) is 0 Å². The molecule has 0 aliphatic carbocycles. The van der Waals surface area contributed by atoms with Gasteiger partial charge in [0.2, 0.25) is 0 Å². The Hall–Kier alpha value is -1.16. The third kappa shape index (κ3) is 4.25. The molecule has 0 N–H and O–H groups in total. The molecule has 0 amide bonds. The number of esters is 1. The maximum absolute atomic E-state index is 11.4. The van der Waals surface area contributed by atoms with Gasteiger partial charge in [-0.25, -0.2) is 14.8 Å². The molecule has 0 bridgehead atoms. The number of ether oxygens (including phenoxy) is 1. The fraction of sp³-hybridized carbons (Fsp3) is 0.500. The number of rotatable bonds is 4. The number of nitrogens with zero attached hydrogens (tertiary/aromatic N) is 2. The fourth-order valence-electron chi connectivity index (χ4n) is 0.879. The molecule has 0 aliphatic rings. The average molecular weight is 229 g/mol. The van der Waals surface area contributed by atoms with E-state index in [1.807, 2.05) is 0 Å². The van der Waals surface area contributed by atoms with Gasteiger partial charge >= 0.3 is 5.97 Å². The standard InChI is InChI=1S/C10H13ClN2O2/c1-7(2)3-4-15-10(14)8-5-13-9(11)6-12-8/h5-7H,3-4H2,1-2H3. The molecule has 0 aliphatic heterocycles. The Morgan fingerprint density at radius 2 is 2.20 bits per heavy atom. The van der Waals surface area contributed by atoms with Crippen molar-refractivity contribution in [3.05, 3.63) is 23.2 Å². The van der Waals surface area contributed by atoms with Gasteiger partial charge < -0.3 is 4.74 Å². The summed E-state index contributed by atoms with van der Waals surface area (Å²) in [7, 11) is 0. The summed E-state index contributed by atoms with van der Waals surface area (Å²) < 4.78 is 4.99. The zero-order valence-corrected chi connectivity index (χ0v) is 9.49. The van der Waals surface area contributed by atoms with Crippen molar-refractivity contribution >= 4 is 17.6 Å². The Bertz CT molecular complexity index is 325. The molecule has 0 radical (unpaired) electrons. The molecule has 0 fully saturated rings. The van der Waals surface area contributed by atoms with Crippen molar-refractivity contribution in [1.29, 1.82) is 0 Å². The van der Waals surface area contributed by atoms with Crippen molar-refractivity contribution < 1.29 is 9.53 Å². The van der Waals surface area contributed by atoms with Crippen LogP contribution in [0.15, 0.2) is 12.4 Å². The smallest absolute Gasteiger partial charge is 0.358 e. The van der Waals surface area contributed by atoms with E-state index in [0.29, 0.717) is 12.5 Å². The lowest BCUT2D eigenvalue weighted by Crippen LogP contribution is -2.10. The second-order valence-electron chi connectivity index (χ2n) is 3.54. The van der Waals surface area contributed by atoms with E-state index >= 15 is 0 Å². The fourth-order valence-corrected chi connectivity index (χ4v) is 0.977. The molecule has 1 heterocycles. The summed E-state index contributed by atoms with van der Waals surface area (Å²) in [5.41, 5.74) is 0.183. The van der Waals surface area contributed by atoms with Gasteiger partial charge in [0.1, 0.15) is 5.15 Å². The Balaban J connectivity index is 2.43. The van der Waals surface area contributed by atoms with Crippen LogP contribution in [-0.4, -0.2) is 22.5 Å². The first-order valence-corrected chi connectivity index (χ1v) is 5.12. The second-order valence-corrected chi connectivity index (χ2v) is 3.93. The molecule has 0 saturated heterocycles. The molecule has 0 saturated carbocycles. The third-order valence-corrected chi connectivity index (χ3v) is 1.95. The Morgan fingerprint density at radius 1 is 1.47 bits per heavy atom. The lowest BCUT2D eigenvalue weighted by molar-refractivity contribution is 0.0480. The minimum atomic E-state index is -0.459. The van der Waals surface area contributed by atoms with E-state index in [1.165, 1.54) is 12.4 Å². The van der Waals surface area contributed by atoms with Gasteiger partial charge in [-0.15, -0.1) is 0 Å². The highest BCUT2D eigenvalue weighted by Crippen LogP contribution is 2.04. The molecule has 4 nitrogen and oxygen atoms in total. The van der Waals surface area contributed by atoms with Gasteiger partial charge in [-0.05, 0) is 12.3 Å². The number of aromatic nitrogens is 2. The van der Waals surface area contributed by atoms with Gasteiger partial charge in [0.15, 0.2) is 5.69 Å². The molecule has 82 valence electrons. The third-order valence-electron chi connectivity index (χ3n) is 1.76. The summed E-state index contributed by atoms with van der Waals surface area (Å²) in [4.78, 5) is 18.9. The second kappa shape index (κ2) is 5.66. The van der Waals surface area contributed by atoms with Crippen LogP contribution in [0.25, 0.3) is 0 Å². The average Bonchev–Trinajstić information content (AvgIpc) is 2.18. The maximum atomic E-state index is 11.4. The number of halogens is 1. The minimum absolute atomic E-state index is 0.183. The summed E-state index contributed by atoms with van der Waals surface area (Å²) in [5, 5.41) is 0.258. The van der Waals surface area contributed by atoms with Gasteiger partial charge in [-0.3, -0.25) is 0 Å². The van der Waals surface area contributed by atoms with E-state index in [9.17, 15) is 4.79 Å². The quantitative estimate of drug-likeness (QED) is 0.743. The first-order valence-electron chi connectivity index (χ1n) is 4.74. The number of hydrogen-bond acceptors (Lipinski definition) is 4. The van der Waals surface area contributed by atoms with Crippen molar-refractivity contribution in [3.63, 3.8) is 0 Å². The van der Waals surface area contributed by atoms with Crippen LogP contribution in [0.4, 0.5) is 0 Å². The molecule has 15 heavy (non-hydrogen) atoms. The summed E-state index contributed by atoms with van der Waals surface area (Å²) in [6.07, 6.45) is 3.47. The van der Waals surface area contributed by atoms with Gasteiger partial charge in [-0.2, -0.15) is 0 Å². The van der Waals surface area contributed by atoms with E-state index in [2.05, 4.69) is 23.8 Å². The maximum Gasteiger partial charge on any atom is 0.358 e. The predicted octanol–water partition coefficient (Wildman–Crippen LogP) is 2.33. The Kier molecular flexibility index (Phi) is 4.49. The monoisotopic (exact) mass is 228 g/mol. The van der Waals surface area contributed by atoms with E-state index in [0.717, 1.165) is 6.42 Å². The molecule has 0 atom stereocenters. The van der Waals surface area contributed by atoms with Crippen molar-refractivity contribution in [2.24, 2.45) is 5.92 Å². The SMILES string of the molecule is CC(C)CCOC(=O)c1cnc(Cl)cn1. The normalized spacial score (nSPS) is 10.4. The van der Waals surface area contributed by atoms with Crippen LogP contribution in [0.5, 0.6) is 0 Å². The van der Waals surface area contributed by atoms with Gasteiger partial charge in [-0.1, -0.05) is 25.4 Å². The topological polar surface area (TPSA) is 52.1 Å².